The highest BCUT2D eigenvalue weighted by Crippen LogP contribution is 2.28. The van der Waals surface area contributed by atoms with Gasteiger partial charge in [-0.15, -0.1) is 11.3 Å². The molecule has 0 atom stereocenters. The highest BCUT2D eigenvalue weighted by atomic mass is 32.1. The molecule has 1 heterocycles. The highest BCUT2D eigenvalue weighted by Gasteiger charge is 2.07. The lowest BCUT2D eigenvalue weighted by Gasteiger charge is -2.15. The Morgan fingerprint density at radius 2 is 1.95 bits per heavy atom. The van der Waals surface area contributed by atoms with Gasteiger partial charge in [0.1, 0.15) is 5.75 Å². The van der Waals surface area contributed by atoms with Crippen LogP contribution in [0.2, 0.25) is 0 Å². The van der Waals surface area contributed by atoms with Gasteiger partial charge >= 0.3 is 0 Å². The van der Waals surface area contributed by atoms with Gasteiger partial charge in [0.15, 0.2) is 0 Å². The predicted molar refractivity (Wildman–Crippen MR) is 91.5 cm³/mol. The topological polar surface area (TPSA) is 24.5 Å². The summed E-state index contributed by atoms with van der Waals surface area (Å²) < 4.78 is 5.46. The summed E-state index contributed by atoms with van der Waals surface area (Å²) in [5.74, 6) is 0.891. The van der Waals surface area contributed by atoms with Gasteiger partial charge in [-0.1, -0.05) is 6.07 Å². The second-order valence-corrected chi connectivity index (χ2v) is 7.02. The molecule has 0 aliphatic carbocycles. The van der Waals surface area contributed by atoms with Crippen molar-refractivity contribution >= 4 is 17.0 Å². The van der Waals surface area contributed by atoms with Crippen molar-refractivity contribution in [2.24, 2.45) is 0 Å². The van der Waals surface area contributed by atoms with Crippen LogP contribution < -0.4 is 10.1 Å². The van der Waals surface area contributed by atoms with E-state index in [1.807, 2.05) is 17.4 Å². The Balaban J connectivity index is 2.15. The molecule has 2 aromatic rings. The zero-order valence-corrected chi connectivity index (χ0v) is 14.3. The molecule has 0 spiro atoms. The maximum Gasteiger partial charge on any atom is 0.141 e. The van der Waals surface area contributed by atoms with E-state index in [4.69, 9.17) is 4.74 Å². The second-order valence-electron chi connectivity index (χ2n) is 5.56. The number of anilines is 1. The van der Waals surface area contributed by atoms with Crippen LogP contribution in [0.15, 0.2) is 24.3 Å². The number of thiophene rings is 1. The number of aryl methyl sites for hydroxylation is 2. The lowest BCUT2D eigenvalue weighted by atomic mass is 10.1. The maximum atomic E-state index is 5.46. The van der Waals surface area contributed by atoms with E-state index in [-0.39, 0.29) is 0 Å². The van der Waals surface area contributed by atoms with Crippen LogP contribution in [-0.2, 0) is 13.1 Å². The van der Waals surface area contributed by atoms with Crippen LogP contribution >= 0.6 is 11.3 Å². The summed E-state index contributed by atoms with van der Waals surface area (Å²) in [6.07, 6.45) is 0. The number of nitrogens with zero attached hydrogens (tertiary/aromatic N) is 1. The van der Waals surface area contributed by atoms with Gasteiger partial charge in [-0.3, -0.25) is 0 Å². The molecule has 1 aromatic carbocycles. The molecule has 2 rings (SSSR count). The van der Waals surface area contributed by atoms with Gasteiger partial charge in [-0.05, 0) is 57.3 Å². The van der Waals surface area contributed by atoms with Crippen molar-refractivity contribution < 1.29 is 4.74 Å². The lowest BCUT2D eigenvalue weighted by molar-refractivity contribution is 0.400. The number of rotatable bonds is 6. The molecule has 0 saturated heterocycles. The summed E-state index contributed by atoms with van der Waals surface area (Å²) >= 11 is 1.85. The first kappa shape index (κ1) is 15.9. The highest BCUT2D eigenvalue weighted by molar-refractivity contribution is 7.12. The molecular formula is C17H24N2OS. The van der Waals surface area contributed by atoms with E-state index < -0.39 is 0 Å². The smallest absolute Gasteiger partial charge is 0.141 e. The van der Waals surface area contributed by atoms with Crippen LogP contribution in [-0.4, -0.2) is 26.1 Å². The fourth-order valence-corrected chi connectivity index (χ4v) is 3.35. The summed E-state index contributed by atoms with van der Waals surface area (Å²) in [5, 5.41) is 3.51. The van der Waals surface area contributed by atoms with Gasteiger partial charge in [0.2, 0.25) is 0 Å². The summed E-state index contributed by atoms with van der Waals surface area (Å²) in [7, 11) is 5.87. The summed E-state index contributed by atoms with van der Waals surface area (Å²) in [5.41, 5.74) is 3.69. The molecule has 4 heteroatoms. The molecule has 0 amide bonds. The summed E-state index contributed by atoms with van der Waals surface area (Å²) in [6.45, 7) is 6.08. The molecule has 0 unspecified atom stereocenters. The van der Waals surface area contributed by atoms with E-state index in [1.165, 1.54) is 20.9 Å². The maximum absolute atomic E-state index is 5.46. The van der Waals surface area contributed by atoms with Crippen LogP contribution in [0.3, 0.4) is 0 Å². The van der Waals surface area contributed by atoms with Gasteiger partial charge in [-0.2, -0.15) is 0 Å². The average Bonchev–Trinajstić information content (AvgIpc) is 2.74. The van der Waals surface area contributed by atoms with Crippen molar-refractivity contribution in [3.05, 3.63) is 45.1 Å². The van der Waals surface area contributed by atoms with Gasteiger partial charge in [-0.25, -0.2) is 0 Å². The van der Waals surface area contributed by atoms with Crippen molar-refractivity contribution in [2.75, 3.05) is 26.5 Å². The number of ether oxygens (including phenoxy) is 1. The number of benzene rings is 1. The number of hydrogen-bond donors (Lipinski definition) is 1. The fourth-order valence-electron chi connectivity index (χ4n) is 2.41. The zero-order chi connectivity index (χ0) is 15.4. The Bertz CT molecular complexity index is 605. The Labute approximate surface area is 131 Å². The van der Waals surface area contributed by atoms with Gasteiger partial charge < -0.3 is 15.0 Å². The van der Waals surface area contributed by atoms with E-state index in [1.54, 1.807) is 7.11 Å². The van der Waals surface area contributed by atoms with Crippen molar-refractivity contribution in [2.45, 2.75) is 26.9 Å². The van der Waals surface area contributed by atoms with Gasteiger partial charge in [0.05, 0.1) is 12.8 Å². The summed E-state index contributed by atoms with van der Waals surface area (Å²) in [6, 6.07) is 8.58. The minimum absolute atomic E-state index is 0.831. The van der Waals surface area contributed by atoms with Crippen molar-refractivity contribution in [1.29, 1.82) is 0 Å². The first-order valence-corrected chi connectivity index (χ1v) is 7.92. The van der Waals surface area contributed by atoms with E-state index >= 15 is 0 Å². The molecule has 0 radical (unpaired) electrons. The van der Waals surface area contributed by atoms with Crippen molar-refractivity contribution in [3.63, 3.8) is 0 Å². The Morgan fingerprint density at radius 1 is 1.19 bits per heavy atom. The van der Waals surface area contributed by atoms with Gasteiger partial charge in [0, 0.05) is 22.8 Å². The zero-order valence-electron chi connectivity index (χ0n) is 13.5. The molecule has 0 aliphatic rings. The van der Waals surface area contributed by atoms with Crippen LogP contribution in [0.25, 0.3) is 0 Å². The molecule has 3 nitrogen and oxygen atoms in total. The molecule has 114 valence electrons. The van der Waals surface area contributed by atoms with Crippen LogP contribution in [0.5, 0.6) is 5.75 Å². The minimum atomic E-state index is 0.831. The Hall–Kier alpha value is -1.52. The van der Waals surface area contributed by atoms with Crippen LogP contribution in [0.1, 0.15) is 20.9 Å². The third kappa shape index (κ3) is 4.22. The Morgan fingerprint density at radius 3 is 2.52 bits per heavy atom. The molecule has 21 heavy (non-hydrogen) atoms. The standard InChI is InChI=1S/C17H24N2OS/c1-12-8-15(13(2)21-12)10-18-16-9-14(11-19(3)4)6-7-17(16)20-5/h6-9,18H,10-11H2,1-5H3. The average molecular weight is 304 g/mol. The normalized spacial score (nSPS) is 11.0. The molecule has 0 bridgehead atoms. The van der Waals surface area contributed by atoms with Crippen LogP contribution in [0.4, 0.5) is 5.69 Å². The summed E-state index contributed by atoms with van der Waals surface area (Å²) in [4.78, 5) is 4.90. The Kier molecular flexibility index (Phi) is 5.26. The molecule has 1 aromatic heterocycles. The number of hydrogen-bond acceptors (Lipinski definition) is 4. The van der Waals surface area contributed by atoms with E-state index in [2.05, 4.69) is 56.4 Å². The molecule has 1 N–H and O–H groups in total. The van der Waals surface area contributed by atoms with E-state index in [9.17, 15) is 0 Å². The molecule has 0 saturated carbocycles. The van der Waals surface area contributed by atoms with E-state index in [0.717, 1.165) is 24.5 Å². The monoisotopic (exact) mass is 304 g/mol. The third-order valence-corrected chi connectivity index (χ3v) is 4.38. The van der Waals surface area contributed by atoms with E-state index in [0.29, 0.717) is 0 Å². The lowest BCUT2D eigenvalue weighted by Crippen LogP contribution is -2.11. The first-order chi connectivity index (χ1) is 9.99. The largest absolute Gasteiger partial charge is 0.495 e. The third-order valence-electron chi connectivity index (χ3n) is 3.38. The number of methoxy groups -OCH3 is 1. The first-order valence-electron chi connectivity index (χ1n) is 7.11. The second kappa shape index (κ2) is 6.96. The van der Waals surface area contributed by atoms with Crippen molar-refractivity contribution in [1.82, 2.24) is 4.90 Å². The quantitative estimate of drug-likeness (QED) is 0.871. The minimum Gasteiger partial charge on any atom is -0.495 e. The van der Waals surface area contributed by atoms with Gasteiger partial charge in [0.25, 0.3) is 0 Å². The van der Waals surface area contributed by atoms with Crippen LogP contribution in [0, 0.1) is 13.8 Å². The molecule has 0 aliphatic heterocycles. The SMILES string of the molecule is COc1ccc(CN(C)C)cc1NCc1cc(C)sc1C. The van der Waals surface area contributed by atoms with Crippen molar-refractivity contribution in [3.8, 4) is 5.75 Å². The number of nitrogens with one attached hydrogen (secondary N) is 1. The molecule has 0 fully saturated rings. The predicted octanol–water partition coefficient (Wildman–Crippen LogP) is 4.05. The molecular weight excluding hydrogens is 280 g/mol. The fraction of sp³-hybridized carbons (Fsp3) is 0.412.